The number of nitrogens with one attached hydrogen (secondary N) is 1. The SMILES string of the molecule is O=C(Nc1ccc(Br)cn1)C1CCCN(C(=O)c2cccnc2SC(F)F)C1. The van der Waals surface area contributed by atoms with Gasteiger partial charge in [-0.05, 0) is 64.8 Å². The third kappa shape index (κ3) is 5.26. The van der Waals surface area contributed by atoms with E-state index in [2.05, 4.69) is 31.2 Å². The van der Waals surface area contributed by atoms with Gasteiger partial charge >= 0.3 is 0 Å². The Kier molecular flexibility index (Phi) is 6.95. The van der Waals surface area contributed by atoms with Crippen LogP contribution in [0.2, 0.25) is 0 Å². The molecule has 2 amide bonds. The first-order chi connectivity index (χ1) is 13.4. The molecule has 10 heteroatoms. The molecular weight excluding hydrogens is 454 g/mol. The van der Waals surface area contributed by atoms with Gasteiger partial charge in [-0.3, -0.25) is 9.59 Å². The predicted molar refractivity (Wildman–Crippen MR) is 105 cm³/mol. The summed E-state index contributed by atoms with van der Waals surface area (Å²) >= 11 is 3.53. The first-order valence-electron chi connectivity index (χ1n) is 8.55. The van der Waals surface area contributed by atoms with Gasteiger partial charge in [0.2, 0.25) is 5.91 Å². The van der Waals surface area contributed by atoms with Crippen molar-refractivity contribution in [1.82, 2.24) is 14.9 Å². The Bertz CT molecular complexity index is 854. The average Bonchev–Trinajstić information content (AvgIpc) is 2.69. The number of halogens is 3. The molecule has 148 valence electrons. The number of hydrogen-bond acceptors (Lipinski definition) is 5. The smallest absolute Gasteiger partial charge is 0.290 e. The summed E-state index contributed by atoms with van der Waals surface area (Å²) in [6, 6.07) is 6.46. The highest BCUT2D eigenvalue weighted by molar-refractivity contribution is 9.10. The minimum absolute atomic E-state index is 0.00635. The fourth-order valence-electron chi connectivity index (χ4n) is 2.96. The Morgan fingerprint density at radius 3 is 2.82 bits per heavy atom. The van der Waals surface area contributed by atoms with E-state index >= 15 is 0 Å². The van der Waals surface area contributed by atoms with Crippen LogP contribution in [-0.4, -0.2) is 45.5 Å². The number of rotatable bonds is 5. The lowest BCUT2D eigenvalue weighted by Crippen LogP contribution is -2.44. The number of pyridine rings is 2. The third-order valence-electron chi connectivity index (χ3n) is 4.26. The van der Waals surface area contributed by atoms with Crippen molar-refractivity contribution < 1.29 is 18.4 Å². The maximum Gasteiger partial charge on any atom is 0.290 e. The van der Waals surface area contributed by atoms with Crippen molar-refractivity contribution in [2.45, 2.75) is 23.6 Å². The molecule has 0 spiro atoms. The number of anilines is 1. The van der Waals surface area contributed by atoms with E-state index in [4.69, 9.17) is 0 Å². The summed E-state index contributed by atoms with van der Waals surface area (Å²) in [5, 5.41) is 2.74. The van der Waals surface area contributed by atoms with E-state index in [-0.39, 0.29) is 34.8 Å². The molecule has 1 fully saturated rings. The summed E-state index contributed by atoms with van der Waals surface area (Å²) in [7, 11) is 0. The van der Waals surface area contributed by atoms with Crippen LogP contribution in [0.25, 0.3) is 0 Å². The van der Waals surface area contributed by atoms with Gasteiger partial charge in [0, 0.05) is 30.0 Å². The molecule has 28 heavy (non-hydrogen) atoms. The molecule has 0 aliphatic carbocycles. The first-order valence-corrected chi connectivity index (χ1v) is 10.2. The van der Waals surface area contributed by atoms with E-state index in [1.165, 1.54) is 23.2 Å². The lowest BCUT2D eigenvalue weighted by Gasteiger charge is -2.32. The standard InChI is InChI=1S/C18H17BrF2N4O2S/c19-12-5-6-14(23-9-12)24-15(26)11-3-2-8-25(10-11)17(27)13-4-1-7-22-16(13)28-18(20)21/h1,4-7,9,11,18H,2-3,8,10H2,(H,23,24,26). The van der Waals surface area contributed by atoms with Gasteiger partial charge in [0.25, 0.3) is 11.7 Å². The summed E-state index contributed by atoms with van der Waals surface area (Å²) in [5.41, 5.74) is 0.128. The summed E-state index contributed by atoms with van der Waals surface area (Å²) in [5.74, 6) is -3.25. The van der Waals surface area contributed by atoms with Crippen LogP contribution in [0.1, 0.15) is 23.2 Å². The van der Waals surface area contributed by atoms with Crippen molar-refractivity contribution >= 4 is 45.3 Å². The molecule has 2 aromatic rings. The number of piperidine rings is 1. The molecule has 1 aliphatic heterocycles. The van der Waals surface area contributed by atoms with Crippen molar-refractivity contribution in [1.29, 1.82) is 0 Å². The number of hydrogen-bond donors (Lipinski definition) is 1. The maximum absolute atomic E-state index is 12.8. The predicted octanol–water partition coefficient (Wildman–Crippen LogP) is 4.04. The Balaban J connectivity index is 1.68. The van der Waals surface area contributed by atoms with Gasteiger partial charge in [-0.2, -0.15) is 8.78 Å². The van der Waals surface area contributed by atoms with Crippen molar-refractivity contribution in [2.24, 2.45) is 5.92 Å². The second-order valence-corrected chi connectivity index (χ2v) is 8.07. The second kappa shape index (κ2) is 9.42. The normalized spacial score (nSPS) is 16.9. The lowest BCUT2D eigenvalue weighted by atomic mass is 9.96. The summed E-state index contributed by atoms with van der Waals surface area (Å²) in [4.78, 5) is 34.9. The number of likely N-dealkylation sites (tertiary alicyclic amines) is 1. The van der Waals surface area contributed by atoms with Gasteiger partial charge in [0.05, 0.1) is 11.5 Å². The largest absolute Gasteiger partial charge is 0.338 e. The van der Waals surface area contributed by atoms with Crippen molar-refractivity contribution in [2.75, 3.05) is 18.4 Å². The minimum atomic E-state index is -2.67. The number of alkyl halides is 2. The number of carbonyl (C=O) groups excluding carboxylic acids is 2. The lowest BCUT2D eigenvalue weighted by molar-refractivity contribution is -0.121. The van der Waals surface area contributed by atoms with Gasteiger partial charge in [0.1, 0.15) is 10.8 Å². The molecule has 0 radical (unpaired) electrons. The molecule has 1 N–H and O–H groups in total. The van der Waals surface area contributed by atoms with Crippen LogP contribution in [0.5, 0.6) is 0 Å². The first kappa shape index (κ1) is 20.7. The van der Waals surface area contributed by atoms with Crippen LogP contribution >= 0.6 is 27.7 Å². The second-order valence-electron chi connectivity index (χ2n) is 6.18. The minimum Gasteiger partial charge on any atom is -0.338 e. The number of aromatic nitrogens is 2. The highest BCUT2D eigenvalue weighted by Gasteiger charge is 2.30. The number of amides is 2. The molecule has 0 aromatic carbocycles. The van der Waals surface area contributed by atoms with E-state index in [1.54, 1.807) is 18.3 Å². The molecule has 0 bridgehead atoms. The summed E-state index contributed by atoms with van der Waals surface area (Å²) < 4.78 is 26.3. The summed E-state index contributed by atoms with van der Waals surface area (Å²) in [6.45, 7) is 0.682. The van der Waals surface area contributed by atoms with Crippen LogP contribution in [-0.2, 0) is 4.79 Å². The highest BCUT2D eigenvalue weighted by Crippen LogP contribution is 2.28. The Morgan fingerprint density at radius 1 is 1.29 bits per heavy atom. The number of thioether (sulfide) groups is 1. The molecule has 1 unspecified atom stereocenters. The molecule has 0 saturated carbocycles. The van der Waals surface area contributed by atoms with E-state index < -0.39 is 17.6 Å². The number of nitrogens with zero attached hydrogens (tertiary/aromatic N) is 3. The fraction of sp³-hybridized carbons (Fsp3) is 0.333. The fourth-order valence-corrected chi connectivity index (χ4v) is 3.76. The van der Waals surface area contributed by atoms with Crippen LogP contribution < -0.4 is 5.32 Å². The van der Waals surface area contributed by atoms with E-state index in [1.807, 2.05) is 0 Å². The Morgan fingerprint density at radius 2 is 2.11 bits per heavy atom. The molecular formula is C18H17BrF2N4O2S. The monoisotopic (exact) mass is 470 g/mol. The van der Waals surface area contributed by atoms with Crippen molar-refractivity contribution in [3.05, 3.63) is 46.7 Å². The van der Waals surface area contributed by atoms with Crippen LogP contribution in [0.3, 0.4) is 0 Å². The van der Waals surface area contributed by atoms with Crippen LogP contribution in [0.4, 0.5) is 14.6 Å². The van der Waals surface area contributed by atoms with Crippen molar-refractivity contribution in [3.8, 4) is 0 Å². The third-order valence-corrected chi connectivity index (χ3v) is 5.46. The van der Waals surface area contributed by atoms with Gasteiger partial charge < -0.3 is 10.2 Å². The molecule has 3 heterocycles. The van der Waals surface area contributed by atoms with Gasteiger partial charge in [-0.15, -0.1) is 0 Å². The highest BCUT2D eigenvalue weighted by atomic mass is 79.9. The quantitative estimate of drug-likeness (QED) is 0.667. The average molecular weight is 471 g/mol. The molecule has 1 aliphatic rings. The molecule has 2 aromatic heterocycles. The molecule has 1 saturated heterocycles. The van der Waals surface area contributed by atoms with E-state index in [0.29, 0.717) is 25.2 Å². The van der Waals surface area contributed by atoms with Gasteiger partial charge in [-0.1, -0.05) is 0 Å². The maximum atomic E-state index is 12.8. The Hall–Kier alpha value is -2.07. The molecule has 3 rings (SSSR count). The van der Waals surface area contributed by atoms with E-state index in [9.17, 15) is 18.4 Å². The zero-order valence-corrected chi connectivity index (χ0v) is 17.1. The zero-order valence-electron chi connectivity index (χ0n) is 14.6. The van der Waals surface area contributed by atoms with E-state index in [0.717, 1.165) is 4.47 Å². The van der Waals surface area contributed by atoms with Crippen molar-refractivity contribution in [3.63, 3.8) is 0 Å². The van der Waals surface area contributed by atoms with Crippen LogP contribution in [0.15, 0.2) is 46.2 Å². The zero-order chi connectivity index (χ0) is 20.1. The van der Waals surface area contributed by atoms with Crippen LogP contribution in [0, 0.1) is 5.92 Å². The topological polar surface area (TPSA) is 75.2 Å². The van der Waals surface area contributed by atoms with Gasteiger partial charge in [0.15, 0.2) is 0 Å². The molecule has 1 atom stereocenters. The summed E-state index contributed by atoms with van der Waals surface area (Å²) in [6.07, 6.45) is 4.24. The Labute approximate surface area is 173 Å². The molecule has 6 nitrogen and oxygen atoms in total. The van der Waals surface area contributed by atoms with Gasteiger partial charge in [-0.25, -0.2) is 9.97 Å². The number of carbonyl (C=O) groups is 2.